The lowest BCUT2D eigenvalue weighted by Crippen LogP contribution is -2.00. The molecule has 0 amide bonds. The molecule has 0 unspecified atom stereocenters. The molecule has 0 aliphatic heterocycles. The molecule has 0 saturated carbocycles. The average molecular weight is 335 g/mol. The van der Waals surface area contributed by atoms with Crippen LogP contribution in [0.2, 0.25) is 15.1 Å². The van der Waals surface area contributed by atoms with Gasteiger partial charge in [0.1, 0.15) is 0 Å². The average Bonchev–Trinajstić information content (AvgIpc) is 2.35. The van der Waals surface area contributed by atoms with Gasteiger partial charge in [-0.1, -0.05) is 34.8 Å². The van der Waals surface area contributed by atoms with Crippen molar-refractivity contribution in [3.8, 4) is 5.88 Å². The van der Waals surface area contributed by atoms with Crippen LogP contribution in [-0.2, 0) is 0 Å². The van der Waals surface area contributed by atoms with Crippen molar-refractivity contribution in [3.05, 3.63) is 49.4 Å². The van der Waals surface area contributed by atoms with Crippen LogP contribution in [0.15, 0.2) is 24.3 Å². The zero-order valence-corrected chi connectivity index (χ0v) is 11.9. The molecule has 20 heavy (non-hydrogen) atoms. The summed E-state index contributed by atoms with van der Waals surface area (Å²) in [4.78, 5) is 13.9. The fraction of sp³-hybridized carbons (Fsp3) is 0. The van der Waals surface area contributed by atoms with Crippen molar-refractivity contribution in [1.82, 2.24) is 4.98 Å². The Bertz CT molecular complexity index is 694. The van der Waals surface area contributed by atoms with E-state index >= 15 is 0 Å². The van der Waals surface area contributed by atoms with Crippen molar-refractivity contribution in [1.29, 1.82) is 0 Å². The molecule has 0 atom stereocenters. The van der Waals surface area contributed by atoms with Crippen molar-refractivity contribution in [2.75, 3.05) is 5.32 Å². The van der Waals surface area contributed by atoms with Crippen molar-refractivity contribution in [3.63, 3.8) is 0 Å². The number of halogens is 3. The highest BCUT2D eigenvalue weighted by Gasteiger charge is 2.17. The molecule has 1 heterocycles. The van der Waals surface area contributed by atoms with E-state index in [9.17, 15) is 15.2 Å². The van der Waals surface area contributed by atoms with Gasteiger partial charge in [0.25, 0.3) is 0 Å². The highest BCUT2D eigenvalue weighted by molar-refractivity contribution is 6.44. The van der Waals surface area contributed by atoms with Gasteiger partial charge in [0.2, 0.25) is 11.7 Å². The first-order valence-electron chi connectivity index (χ1n) is 5.14. The standard InChI is InChI=1S/C11H6Cl3N3O3/c12-5-3-7(14)8(4-6(5)13)15-11-9(17(19)20)1-2-10(18)16-11/h1-4H,(H2,15,16,18). The number of hydrogen-bond acceptors (Lipinski definition) is 5. The Morgan fingerprint density at radius 3 is 2.45 bits per heavy atom. The van der Waals surface area contributed by atoms with Gasteiger partial charge in [-0.05, 0) is 12.1 Å². The summed E-state index contributed by atoms with van der Waals surface area (Å²) < 4.78 is 0. The molecule has 0 radical (unpaired) electrons. The third-order valence-electron chi connectivity index (χ3n) is 2.32. The lowest BCUT2D eigenvalue weighted by Gasteiger charge is -2.09. The maximum absolute atomic E-state index is 10.9. The van der Waals surface area contributed by atoms with Crippen molar-refractivity contribution in [2.45, 2.75) is 0 Å². The van der Waals surface area contributed by atoms with E-state index < -0.39 is 4.92 Å². The Morgan fingerprint density at radius 2 is 1.80 bits per heavy atom. The maximum Gasteiger partial charge on any atom is 0.311 e. The van der Waals surface area contributed by atoms with E-state index in [1.165, 1.54) is 12.1 Å². The molecule has 0 aliphatic rings. The molecule has 104 valence electrons. The van der Waals surface area contributed by atoms with Crippen molar-refractivity contribution < 1.29 is 10.0 Å². The van der Waals surface area contributed by atoms with Crippen LogP contribution in [-0.4, -0.2) is 15.0 Å². The Hall–Kier alpha value is -1.76. The van der Waals surface area contributed by atoms with E-state index in [2.05, 4.69) is 10.3 Å². The van der Waals surface area contributed by atoms with Gasteiger partial charge in [-0.25, -0.2) is 0 Å². The van der Waals surface area contributed by atoms with Gasteiger partial charge in [-0.15, -0.1) is 0 Å². The van der Waals surface area contributed by atoms with Crippen molar-refractivity contribution in [2.24, 2.45) is 0 Å². The second-order valence-corrected chi connectivity index (χ2v) is 4.89. The molecule has 1 aromatic heterocycles. The highest BCUT2D eigenvalue weighted by Crippen LogP contribution is 2.35. The Kier molecular flexibility index (Phi) is 4.17. The van der Waals surface area contributed by atoms with E-state index in [0.29, 0.717) is 0 Å². The molecule has 0 saturated heterocycles. The fourth-order valence-corrected chi connectivity index (χ4v) is 2.02. The summed E-state index contributed by atoms with van der Waals surface area (Å²) >= 11 is 17.6. The van der Waals surface area contributed by atoms with Gasteiger partial charge >= 0.3 is 5.69 Å². The number of rotatable bonds is 3. The molecule has 0 spiro atoms. The van der Waals surface area contributed by atoms with Crippen LogP contribution in [0.4, 0.5) is 17.2 Å². The predicted octanol–water partition coefficient (Wildman–Crippen LogP) is 4.40. The van der Waals surface area contributed by atoms with Crippen LogP contribution in [0.25, 0.3) is 0 Å². The lowest BCUT2D eigenvalue weighted by molar-refractivity contribution is -0.384. The number of aromatic nitrogens is 1. The first kappa shape index (κ1) is 14.6. The lowest BCUT2D eigenvalue weighted by atomic mass is 10.3. The molecular formula is C11H6Cl3N3O3. The highest BCUT2D eigenvalue weighted by atomic mass is 35.5. The van der Waals surface area contributed by atoms with Crippen LogP contribution >= 0.6 is 34.8 Å². The summed E-state index contributed by atoms with van der Waals surface area (Å²) in [7, 11) is 0. The molecule has 1 aromatic carbocycles. The molecule has 6 nitrogen and oxygen atoms in total. The van der Waals surface area contributed by atoms with Crippen LogP contribution in [0.1, 0.15) is 0 Å². The monoisotopic (exact) mass is 333 g/mol. The number of nitro groups is 1. The van der Waals surface area contributed by atoms with E-state index in [-0.39, 0.29) is 38.1 Å². The minimum atomic E-state index is -0.639. The summed E-state index contributed by atoms with van der Waals surface area (Å²) in [6.07, 6.45) is 0. The Labute approximate surface area is 128 Å². The molecule has 9 heteroatoms. The second-order valence-electron chi connectivity index (χ2n) is 3.67. The first-order valence-corrected chi connectivity index (χ1v) is 6.28. The van der Waals surface area contributed by atoms with Crippen LogP contribution in [0.5, 0.6) is 5.88 Å². The summed E-state index contributed by atoms with van der Waals surface area (Å²) in [6, 6.07) is 5.03. The van der Waals surface area contributed by atoms with E-state index in [4.69, 9.17) is 34.8 Å². The zero-order chi connectivity index (χ0) is 14.9. The summed E-state index contributed by atoms with van der Waals surface area (Å²) in [5.41, 5.74) is -0.0350. The van der Waals surface area contributed by atoms with Gasteiger partial charge in [-0.2, -0.15) is 4.98 Å². The number of nitrogens with zero attached hydrogens (tertiary/aromatic N) is 2. The first-order chi connectivity index (χ1) is 9.38. The van der Waals surface area contributed by atoms with Gasteiger partial charge in [0, 0.05) is 12.1 Å². The SMILES string of the molecule is O=[N+]([O-])c1ccc(O)nc1Nc1cc(Cl)c(Cl)cc1Cl. The van der Waals surface area contributed by atoms with Crippen LogP contribution in [0, 0.1) is 10.1 Å². The van der Waals surface area contributed by atoms with Crippen LogP contribution < -0.4 is 5.32 Å². The molecule has 2 rings (SSSR count). The second kappa shape index (κ2) is 5.70. The molecule has 2 N–H and O–H groups in total. The molecule has 0 fully saturated rings. The largest absolute Gasteiger partial charge is 0.493 e. The molecular weight excluding hydrogens is 328 g/mol. The van der Waals surface area contributed by atoms with E-state index in [1.807, 2.05) is 0 Å². The van der Waals surface area contributed by atoms with E-state index in [0.717, 1.165) is 12.1 Å². The van der Waals surface area contributed by atoms with E-state index in [1.54, 1.807) is 0 Å². The summed E-state index contributed by atoms with van der Waals surface area (Å²) in [5.74, 6) is -0.524. The van der Waals surface area contributed by atoms with Crippen molar-refractivity contribution >= 4 is 52.0 Å². The minimum absolute atomic E-state index is 0.157. The van der Waals surface area contributed by atoms with Gasteiger partial charge in [0.15, 0.2) is 0 Å². The van der Waals surface area contributed by atoms with Crippen LogP contribution in [0.3, 0.4) is 0 Å². The third-order valence-corrected chi connectivity index (χ3v) is 3.35. The fourth-order valence-electron chi connectivity index (χ4n) is 1.43. The molecule has 0 bridgehead atoms. The normalized spacial score (nSPS) is 10.3. The summed E-state index contributed by atoms with van der Waals surface area (Å²) in [5, 5.41) is 23.5. The predicted molar refractivity (Wildman–Crippen MR) is 77.3 cm³/mol. The Balaban J connectivity index is 2.47. The smallest absolute Gasteiger partial charge is 0.311 e. The topological polar surface area (TPSA) is 88.3 Å². The zero-order valence-electron chi connectivity index (χ0n) is 9.60. The number of anilines is 2. The quantitative estimate of drug-likeness (QED) is 0.493. The van der Waals surface area contributed by atoms with Gasteiger partial charge < -0.3 is 10.4 Å². The number of hydrogen-bond donors (Lipinski definition) is 2. The third kappa shape index (κ3) is 3.04. The van der Waals surface area contributed by atoms with Gasteiger partial charge in [0.05, 0.1) is 25.7 Å². The number of aromatic hydroxyl groups is 1. The number of nitrogens with one attached hydrogen (secondary N) is 1. The number of pyridine rings is 1. The maximum atomic E-state index is 10.9. The number of benzene rings is 1. The molecule has 2 aromatic rings. The summed E-state index contributed by atoms with van der Waals surface area (Å²) in [6.45, 7) is 0. The van der Waals surface area contributed by atoms with Gasteiger partial charge in [-0.3, -0.25) is 10.1 Å². The molecule has 0 aliphatic carbocycles. The Morgan fingerprint density at radius 1 is 1.15 bits per heavy atom. The minimum Gasteiger partial charge on any atom is -0.493 e.